The number of hydrogen-bond donors (Lipinski definition) is 0. The summed E-state index contributed by atoms with van der Waals surface area (Å²) in [6, 6.07) is 12.8. The summed E-state index contributed by atoms with van der Waals surface area (Å²) in [7, 11) is 1.58. The summed E-state index contributed by atoms with van der Waals surface area (Å²) in [5, 5.41) is 0. The van der Waals surface area contributed by atoms with Crippen LogP contribution in [0.15, 0.2) is 53.1 Å². The molecule has 4 nitrogen and oxygen atoms in total. The molecule has 0 aliphatic carbocycles. The Morgan fingerprint density at radius 3 is 2.58 bits per heavy atom. The van der Waals surface area contributed by atoms with Crippen LogP contribution >= 0.6 is 0 Å². The van der Waals surface area contributed by atoms with E-state index in [-0.39, 0.29) is 5.91 Å². The van der Waals surface area contributed by atoms with Gasteiger partial charge in [-0.25, -0.2) is 0 Å². The molecule has 1 heterocycles. The predicted octanol–water partition coefficient (Wildman–Crippen LogP) is 2.21. The molecule has 0 aliphatic rings. The van der Waals surface area contributed by atoms with Gasteiger partial charge in [0, 0.05) is 13.1 Å². The molecule has 2 aromatic rings. The normalized spacial score (nSPS) is 11.8. The first-order chi connectivity index (χ1) is 9.22. The number of furan rings is 1. The van der Waals surface area contributed by atoms with E-state index in [9.17, 15) is 9.59 Å². The van der Waals surface area contributed by atoms with Crippen LogP contribution in [-0.2, 0) is 16.0 Å². The molecule has 0 fully saturated rings. The van der Waals surface area contributed by atoms with Crippen molar-refractivity contribution in [1.29, 1.82) is 0 Å². The van der Waals surface area contributed by atoms with Gasteiger partial charge >= 0.3 is 0 Å². The van der Waals surface area contributed by atoms with Gasteiger partial charge in [0.1, 0.15) is 5.92 Å². The number of carbonyl (C=O) groups excluding carboxylic acids is 2. The van der Waals surface area contributed by atoms with E-state index in [1.807, 2.05) is 36.6 Å². The van der Waals surface area contributed by atoms with Crippen molar-refractivity contribution in [2.75, 3.05) is 11.9 Å². The molecule has 2 rings (SSSR count). The fraction of sp³-hybridized carbons (Fsp3) is 0.200. The highest BCUT2D eigenvalue weighted by Crippen LogP contribution is 2.17. The highest BCUT2D eigenvalue weighted by atomic mass is 16.3. The molecule has 1 unspecified atom stereocenters. The molecule has 1 aromatic heterocycles. The van der Waals surface area contributed by atoms with Gasteiger partial charge in [0.05, 0.1) is 6.26 Å². The zero-order valence-electron chi connectivity index (χ0n) is 10.6. The minimum atomic E-state index is -0.822. The number of rotatable bonds is 5. The summed E-state index contributed by atoms with van der Waals surface area (Å²) in [5.41, 5.74) is 0.928. The summed E-state index contributed by atoms with van der Waals surface area (Å²) in [6.07, 6.45) is 3.63. The van der Waals surface area contributed by atoms with Crippen LogP contribution in [0.5, 0.6) is 0 Å². The summed E-state index contributed by atoms with van der Waals surface area (Å²) in [5.74, 6) is -0.732. The van der Waals surface area contributed by atoms with Crippen molar-refractivity contribution < 1.29 is 14.0 Å². The van der Waals surface area contributed by atoms with E-state index < -0.39 is 5.92 Å². The van der Waals surface area contributed by atoms with Crippen LogP contribution in [0.4, 0.5) is 5.88 Å². The Kier molecular flexibility index (Phi) is 4.13. The molecule has 0 spiro atoms. The highest BCUT2D eigenvalue weighted by molar-refractivity contribution is 6.01. The van der Waals surface area contributed by atoms with Crippen molar-refractivity contribution >= 4 is 18.1 Å². The number of benzene rings is 1. The minimum absolute atomic E-state index is 0.325. The summed E-state index contributed by atoms with van der Waals surface area (Å²) < 4.78 is 5.14. The molecule has 1 radical (unpaired) electrons. The van der Waals surface area contributed by atoms with Gasteiger partial charge in [-0.05, 0) is 18.1 Å². The van der Waals surface area contributed by atoms with Crippen LogP contribution < -0.4 is 4.90 Å². The number of anilines is 1. The molecule has 0 bridgehead atoms. The lowest BCUT2D eigenvalue weighted by Crippen LogP contribution is -2.34. The average Bonchev–Trinajstić information content (AvgIpc) is 2.98. The van der Waals surface area contributed by atoms with Crippen molar-refractivity contribution in [3.8, 4) is 0 Å². The first-order valence-corrected chi connectivity index (χ1v) is 5.95. The minimum Gasteiger partial charge on any atom is -0.448 e. The van der Waals surface area contributed by atoms with Crippen LogP contribution in [0.25, 0.3) is 0 Å². The quantitative estimate of drug-likeness (QED) is 0.771. The molecule has 4 heteroatoms. The standard InChI is InChI=1S/C15H14NO3/c1-16(14-8-5-9-19-14)15(18)13(11-17)10-12-6-3-2-4-7-12/h2-9,13H,10H2,1H3. The van der Waals surface area contributed by atoms with Gasteiger partial charge in [0.15, 0.2) is 0 Å². The lowest BCUT2D eigenvalue weighted by molar-refractivity contribution is -0.120. The zero-order valence-corrected chi connectivity index (χ0v) is 10.6. The second-order valence-electron chi connectivity index (χ2n) is 4.21. The molecule has 19 heavy (non-hydrogen) atoms. The molecule has 1 aromatic carbocycles. The Balaban J connectivity index is 2.09. The van der Waals surface area contributed by atoms with E-state index >= 15 is 0 Å². The fourth-order valence-electron chi connectivity index (χ4n) is 1.83. The Hall–Kier alpha value is -2.36. The van der Waals surface area contributed by atoms with Gasteiger partial charge in [0.2, 0.25) is 18.1 Å². The molecule has 0 saturated heterocycles. The summed E-state index contributed by atoms with van der Waals surface area (Å²) in [4.78, 5) is 24.5. The smallest absolute Gasteiger partial charge is 0.240 e. The van der Waals surface area contributed by atoms with E-state index in [0.717, 1.165) is 5.56 Å². The van der Waals surface area contributed by atoms with E-state index in [1.54, 1.807) is 19.2 Å². The van der Waals surface area contributed by atoms with Gasteiger partial charge in [0.25, 0.3) is 0 Å². The Morgan fingerprint density at radius 1 is 1.26 bits per heavy atom. The van der Waals surface area contributed by atoms with Gasteiger partial charge in [-0.1, -0.05) is 30.3 Å². The van der Waals surface area contributed by atoms with Crippen molar-refractivity contribution in [3.05, 3.63) is 54.3 Å². The maximum atomic E-state index is 12.2. The number of hydrogen-bond acceptors (Lipinski definition) is 3. The topological polar surface area (TPSA) is 50.5 Å². The van der Waals surface area contributed by atoms with E-state index in [2.05, 4.69) is 0 Å². The lowest BCUT2D eigenvalue weighted by Gasteiger charge is -2.17. The third kappa shape index (κ3) is 3.10. The first-order valence-electron chi connectivity index (χ1n) is 5.95. The summed E-state index contributed by atoms with van der Waals surface area (Å²) in [6.45, 7) is 0. The van der Waals surface area contributed by atoms with Crippen LogP contribution in [0.2, 0.25) is 0 Å². The number of nitrogens with zero attached hydrogens (tertiary/aromatic N) is 1. The maximum absolute atomic E-state index is 12.2. The molecule has 0 saturated carbocycles. The first kappa shape index (κ1) is 13.1. The largest absolute Gasteiger partial charge is 0.448 e. The Morgan fingerprint density at radius 2 is 2.00 bits per heavy atom. The predicted molar refractivity (Wildman–Crippen MR) is 71.4 cm³/mol. The molecule has 1 atom stereocenters. The van der Waals surface area contributed by atoms with Gasteiger partial charge in [-0.15, -0.1) is 0 Å². The van der Waals surface area contributed by atoms with Crippen molar-refractivity contribution in [3.63, 3.8) is 0 Å². The van der Waals surface area contributed by atoms with Crippen LogP contribution in [0.1, 0.15) is 5.56 Å². The summed E-state index contributed by atoms with van der Waals surface area (Å²) >= 11 is 0. The van der Waals surface area contributed by atoms with Crippen LogP contribution in [0.3, 0.4) is 0 Å². The zero-order chi connectivity index (χ0) is 13.7. The van der Waals surface area contributed by atoms with Crippen molar-refractivity contribution in [2.24, 2.45) is 5.92 Å². The molecular formula is C15H14NO3. The monoisotopic (exact) mass is 256 g/mol. The second kappa shape index (κ2) is 6.00. The molecule has 0 N–H and O–H groups in total. The molecular weight excluding hydrogens is 242 g/mol. The highest BCUT2D eigenvalue weighted by Gasteiger charge is 2.24. The van der Waals surface area contributed by atoms with E-state index in [1.165, 1.54) is 11.2 Å². The van der Waals surface area contributed by atoms with Crippen LogP contribution in [-0.4, -0.2) is 19.2 Å². The van der Waals surface area contributed by atoms with Gasteiger partial charge in [-0.3, -0.25) is 14.5 Å². The fourth-order valence-corrected chi connectivity index (χ4v) is 1.83. The SMILES string of the molecule is CN(C(=O)C([C]=O)Cc1ccccc1)c1ccco1. The number of amides is 1. The van der Waals surface area contributed by atoms with Crippen molar-refractivity contribution in [2.45, 2.75) is 6.42 Å². The maximum Gasteiger partial charge on any atom is 0.240 e. The lowest BCUT2D eigenvalue weighted by atomic mass is 9.99. The van der Waals surface area contributed by atoms with E-state index in [0.29, 0.717) is 12.3 Å². The average molecular weight is 256 g/mol. The Labute approximate surface area is 111 Å². The third-order valence-corrected chi connectivity index (χ3v) is 2.89. The Bertz CT molecular complexity index is 534. The second-order valence-corrected chi connectivity index (χ2v) is 4.21. The van der Waals surface area contributed by atoms with Crippen LogP contribution in [0, 0.1) is 5.92 Å². The molecule has 97 valence electrons. The van der Waals surface area contributed by atoms with Gasteiger partial charge in [-0.2, -0.15) is 0 Å². The van der Waals surface area contributed by atoms with Gasteiger partial charge < -0.3 is 4.42 Å². The molecule has 0 aliphatic heterocycles. The third-order valence-electron chi connectivity index (χ3n) is 2.89. The molecule has 1 amide bonds. The number of carbonyl (C=O) groups is 1. The van der Waals surface area contributed by atoms with Crippen molar-refractivity contribution in [1.82, 2.24) is 0 Å². The van der Waals surface area contributed by atoms with E-state index in [4.69, 9.17) is 4.42 Å².